The number of aromatic nitrogens is 1. The number of ether oxygens (including phenoxy) is 2. The summed E-state index contributed by atoms with van der Waals surface area (Å²) in [5, 5.41) is 0. The first-order valence-corrected chi connectivity index (χ1v) is 9.27. The molecular weight excluding hydrogens is 334 g/mol. The molecule has 0 radical (unpaired) electrons. The van der Waals surface area contributed by atoms with E-state index in [4.69, 9.17) is 9.47 Å². The van der Waals surface area contributed by atoms with Gasteiger partial charge in [0.15, 0.2) is 0 Å². The maximum absolute atomic E-state index is 5.83. The highest BCUT2D eigenvalue weighted by molar-refractivity contribution is 5.64. The van der Waals surface area contributed by atoms with Crippen molar-refractivity contribution >= 4 is 5.57 Å². The summed E-state index contributed by atoms with van der Waals surface area (Å²) in [6.07, 6.45) is 4.04. The van der Waals surface area contributed by atoms with Gasteiger partial charge in [-0.05, 0) is 41.3 Å². The third-order valence-corrected chi connectivity index (χ3v) is 4.24. The predicted octanol–water partition coefficient (Wildman–Crippen LogP) is 5.71. The summed E-state index contributed by atoms with van der Waals surface area (Å²) in [6, 6.07) is 22.1. The Hall–Kier alpha value is -3.07. The lowest BCUT2D eigenvalue weighted by Crippen LogP contribution is -2.02. The molecule has 0 atom stereocenters. The van der Waals surface area contributed by atoms with Crippen molar-refractivity contribution in [3.8, 4) is 11.6 Å². The van der Waals surface area contributed by atoms with E-state index in [1.165, 1.54) is 5.56 Å². The van der Waals surface area contributed by atoms with Crippen LogP contribution in [0, 0.1) is 0 Å². The maximum atomic E-state index is 5.83. The van der Waals surface area contributed by atoms with Gasteiger partial charge in [-0.3, -0.25) is 0 Å². The number of hydrogen-bond donors (Lipinski definition) is 0. The molecule has 3 heteroatoms. The van der Waals surface area contributed by atoms with Gasteiger partial charge >= 0.3 is 0 Å². The lowest BCUT2D eigenvalue weighted by atomic mass is 10.1. The molecule has 3 aromatic rings. The van der Waals surface area contributed by atoms with Crippen molar-refractivity contribution in [3.63, 3.8) is 0 Å². The lowest BCUT2D eigenvalue weighted by molar-refractivity contribution is 0.304. The second-order valence-electron chi connectivity index (χ2n) is 6.45. The van der Waals surface area contributed by atoms with E-state index in [1.54, 1.807) is 6.20 Å². The van der Waals surface area contributed by atoms with Crippen LogP contribution in [0.2, 0.25) is 0 Å². The van der Waals surface area contributed by atoms with Crippen LogP contribution in [0.25, 0.3) is 5.57 Å². The molecule has 0 aliphatic rings. The SMILES string of the molecule is C=C(COc1ccc(COc2ccc(CCC)cc2)cn1)c1ccccc1. The van der Waals surface area contributed by atoms with Crippen LogP contribution in [0.15, 0.2) is 79.5 Å². The summed E-state index contributed by atoms with van der Waals surface area (Å²) < 4.78 is 11.6. The minimum atomic E-state index is 0.414. The highest BCUT2D eigenvalue weighted by Gasteiger charge is 2.02. The summed E-state index contributed by atoms with van der Waals surface area (Å²) >= 11 is 0. The standard InChI is InChI=1S/C24H25NO2/c1-3-7-20-10-13-23(14-11-20)26-18-21-12-15-24(25-16-21)27-17-19(2)22-8-5-4-6-9-22/h4-6,8-16H,2-3,7,17-18H2,1H3. The van der Waals surface area contributed by atoms with Crippen molar-refractivity contribution in [2.45, 2.75) is 26.4 Å². The third-order valence-electron chi connectivity index (χ3n) is 4.24. The maximum Gasteiger partial charge on any atom is 0.213 e. The average Bonchev–Trinajstić information content (AvgIpc) is 2.73. The molecule has 0 saturated heterocycles. The smallest absolute Gasteiger partial charge is 0.213 e. The second-order valence-corrected chi connectivity index (χ2v) is 6.45. The van der Waals surface area contributed by atoms with Crippen LogP contribution in [0.5, 0.6) is 11.6 Å². The van der Waals surface area contributed by atoms with Crippen LogP contribution < -0.4 is 9.47 Å². The Bertz CT molecular complexity index is 840. The van der Waals surface area contributed by atoms with Gasteiger partial charge in [-0.25, -0.2) is 4.98 Å². The molecule has 0 fully saturated rings. The number of hydrogen-bond acceptors (Lipinski definition) is 3. The quantitative estimate of drug-likeness (QED) is 0.491. The van der Waals surface area contributed by atoms with E-state index in [-0.39, 0.29) is 0 Å². The molecule has 0 unspecified atom stereocenters. The molecule has 3 nitrogen and oxygen atoms in total. The molecule has 0 bridgehead atoms. The van der Waals surface area contributed by atoms with E-state index in [0.717, 1.165) is 35.3 Å². The van der Waals surface area contributed by atoms with E-state index in [9.17, 15) is 0 Å². The van der Waals surface area contributed by atoms with Crippen LogP contribution in [-0.4, -0.2) is 11.6 Å². The summed E-state index contributed by atoms with van der Waals surface area (Å²) in [5.74, 6) is 1.45. The molecule has 138 valence electrons. The highest BCUT2D eigenvalue weighted by atomic mass is 16.5. The van der Waals surface area contributed by atoms with E-state index >= 15 is 0 Å². The van der Waals surface area contributed by atoms with Gasteiger partial charge in [0.05, 0.1) is 0 Å². The molecule has 0 N–H and O–H groups in total. The molecule has 2 aromatic carbocycles. The van der Waals surface area contributed by atoms with Gasteiger partial charge in [-0.2, -0.15) is 0 Å². The first kappa shape index (κ1) is 18.7. The van der Waals surface area contributed by atoms with Gasteiger partial charge in [0, 0.05) is 17.8 Å². The number of aryl methyl sites for hydroxylation is 1. The normalized spacial score (nSPS) is 10.4. The summed E-state index contributed by atoms with van der Waals surface area (Å²) in [5.41, 5.74) is 4.34. The Balaban J connectivity index is 1.47. The Morgan fingerprint density at radius 3 is 2.30 bits per heavy atom. The molecule has 0 amide bonds. The Morgan fingerprint density at radius 1 is 0.889 bits per heavy atom. The van der Waals surface area contributed by atoms with Crippen molar-refractivity contribution in [1.82, 2.24) is 4.98 Å². The number of nitrogens with zero attached hydrogens (tertiary/aromatic N) is 1. The minimum Gasteiger partial charge on any atom is -0.489 e. The van der Waals surface area contributed by atoms with Gasteiger partial charge < -0.3 is 9.47 Å². The molecule has 0 aliphatic heterocycles. The zero-order chi connectivity index (χ0) is 18.9. The summed E-state index contributed by atoms with van der Waals surface area (Å²) in [4.78, 5) is 4.35. The van der Waals surface area contributed by atoms with Crippen molar-refractivity contribution in [1.29, 1.82) is 0 Å². The molecule has 3 rings (SSSR count). The topological polar surface area (TPSA) is 31.4 Å². The molecule has 27 heavy (non-hydrogen) atoms. The van der Waals surface area contributed by atoms with Crippen molar-refractivity contribution < 1.29 is 9.47 Å². The number of rotatable bonds is 9. The average molecular weight is 359 g/mol. The Morgan fingerprint density at radius 2 is 1.63 bits per heavy atom. The summed E-state index contributed by atoms with van der Waals surface area (Å²) in [7, 11) is 0. The first-order chi connectivity index (χ1) is 13.2. The molecule has 1 aromatic heterocycles. The van der Waals surface area contributed by atoms with Crippen LogP contribution >= 0.6 is 0 Å². The molecule has 0 aliphatic carbocycles. The van der Waals surface area contributed by atoms with Crippen LogP contribution in [0.1, 0.15) is 30.0 Å². The third kappa shape index (κ3) is 5.71. The van der Waals surface area contributed by atoms with Crippen LogP contribution in [0.4, 0.5) is 0 Å². The molecular formula is C24H25NO2. The van der Waals surface area contributed by atoms with E-state index < -0.39 is 0 Å². The van der Waals surface area contributed by atoms with Crippen molar-refractivity contribution in [2.75, 3.05) is 6.61 Å². The van der Waals surface area contributed by atoms with Crippen molar-refractivity contribution in [3.05, 3.63) is 96.2 Å². The Kier molecular flexibility index (Phi) is 6.64. The summed E-state index contributed by atoms with van der Waals surface area (Å²) in [6.45, 7) is 7.15. The fourth-order valence-corrected chi connectivity index (χ4v) is 2.71. The zero-order valence-electron chi connectivity index (χ0n) is 15.7. The molecule has 0 saturated carbocycles. The number of pyridine rings is 1. The fourth-order valence-electron chi connectivity index (χ4n) is 2.71. The monoisotopic (exact) mass is 359 g/mol. The largest absolute Gasteiger partial charge is 0.489 e. The number of benzene rings is 2. The highest BCUT2D eigenvalue weighted by Crippen LogP contribution is 2.17. The van der Waals surface area contributed by atoms with Crippen molar-refractivity contribution in [2.24, 2.45) is 0 Å². The minimum absolute atomic E-state index is 0.414. The van der Waals surface area contributed by atoms with Gasteiger partial charge in [0.1, 0.15) is 19.0 Å². The van der Waals surface area contributed by atoms with E-state index in [0.29, 0.717) is 19.1 Å². The second kappa shape index (κ2) is 9.58. The van der Waals surface area contributed by atoms with Gasteiger partial charge in [-0.15, -0.1) is 0 Å². The van der Waals surface area contributed by atoms with Crippen LogP contribution in [0.3, 0.4) is 0 Å². The zero-order valence-corrected chi connectivity index (χ0v) is 15.7. The Labute approximate surface area is 161 Å². The predicted molar refractivity (Wildman–Crippen MR) is 110 cm³/mol. The van der Waals surface area contributed by atoms with E-state index in [2.05, 4.69) is 30.6 Å². The molecule has 1 heterocycles. The fraction of sp³-hybridized carbons (Fsp3) is 0.208. The molecule has 0 spiro atoms. The van der Waals surface area contributed by atoms with E-state index in [1.807, 2.05) is 54.6 Å². The van der Waals surface area contributed by atoms with Gasteiger partial charge in [0.25, 0.3) is 0 Å². The lowest BCUT2D eigenvalue weighted by Gasteiger charge is -2.10. The van der Waals surface area contributed by atoms with Gasteiger partial charge in [0.2, 0.25) is 5.88 Å². The first-order valence-electron chi connectivity index (χ1n) is 9.27. The van der Waals surface area contributed by atoms with Crippen LogP contribution in [-0.2, 0) is 13.0 Å². The van der Waals surface area contributed by atoms with Gasteiger partial charge in [-0.1, -0.05) is 62.4 Å².